The Morgan fingerprint density at radius 1 is 1.24 bits per heavy atom. The fraction of sp³-hybridized carbons (Fsp3) is 0.250. The van der Waals surface area contributed by atoms with Crippen LogP contribution in [0.4, 0.5) is 0 Å². The highest BCUT2D eigenvalue weighted by Gasteiger charge is 2.29. The molecule has 0 aromatic carbocycles. The molecular formula is C8H9NO6S2. The van der Waals surface area contributed by atoms with E-state index in [1.54, 1.807) is 0 Å². The van der Waals surface area contributed by atoms with Gasteiger partial charge in [-0.05, 0) is 11.4 Å². The lowest BCUT2D eigenvalue weighted by Gasteiger charge is -2.16. The number of thiophene rings is 1. The van der Waals surface area contributed by atoms with E-state index in [4.69, 9.17) is 10.2 Å². The minimum Gasteiger partial charge on any atom is -0.480 e. The first kappa shape index (κ1) is 13.6. The topological polar surface area (TPSA) is 112 Å². The van der Waals surface area contributed by atoms with Gasteiger partial charge in [0, 0.05) is 0 Å². The van der Waals surface area contributed by atoms with E-state index in [0.717, 1.165) is 11.3 Å². The highest BCUT2D eigenvalue weighted by Crippen LogP contribution is 2.20. The molecule has 0 aliphatic heterocycles. The highest BCUT2D eigenvalue weighted by atomic mass is 32.2. The van der Waals surface area contributed by atoms with Gasteiger partial charge in [-0.25, -0.2) is 8.42 Å². The van der Waals surface area contributed by atoms with Gasteiger partial charge in [-0.1, -0.05) is 6.07 Å². The molecule has 0 spiro atoms. The molecule has 0 aliphatic carbocycles. The molecule has 1 aromatic rings. The Bertz CT molecular complexity index is 490. The van der Waals surface area contributed by atoms with Crippen molar-refractivity contribution >= 4 is 33.3 Å². The summed E-state index contributed by atoms with van der Waals surface area (Å²) in [5.74, 6) is -2.82. The van der Waals surface area contributed by atoms with E-state index < -0.39 is 35.1 Å². The first-order valence-electron chi connectivity index (χ1n) is 4.31. The number of sulfonamides is 1. The predicted molar refractivity (Wildman–Crippen MR) is 58.3 cm³/mol. The molecule has 0 fully saturated rings. The Morgan fingerprint density at radius 2 is 1.76 bits per heavy atom. The minimum atomic E-state index is -4.06. The lowest BCUT2D eigenvalue weighted by atomic mass is 10.6. The SMILES string of the molecule is O=C(O)CN(CC(=O)O)S(=O)(=O)c1cccs1. The lowest BCUT2D eigenvalue weighted by molar-refractivity contribution is -0.139. The summed E-state index contributed by atoms with van der Waals surface area (Å²) in [7, 11) is -4.06. The van der Waals surface area contributed by atoms with Crippen molar-refractivity contribution in [1.82, 2.24) is 4.31 Å². The summed E-state index contributed by atoms with van der Waals surface area (Å²) in [6.45, 7) is -1.76. The van der Waals surface area contributed by atoms with Crippen LogP contribution < -0.4 is 0 Å². The largest absolute Gasteiger partial charge is 0.480 e. The zero-order valence-electron chi connectivity index (χ0n) is 8.44. The average Bonchev–Trinajstić information content (AvgIpc) is 2.68. The van der Waals surface area contributed by atoms with E-state index >= 15 is 0 Å². The van der Waals surface area contributed by atoms with E-state index in [-0.39, 0.29) is 4.21 Å². The van der Waals surface area contributed by atoms with E-state index in [1.807, 2.05) is 0 Å². The summed E-state index contributed by atoms with van der Waals surface area (Å²) in [6, 6.07) is 2.77. The fourth-order valence-electron chi connectivity index (χ4n) is 1.07. The maximum atomic E-state index is 11.9. The van der Waals surface area contributed by atoms with Crippen LogP contribution in [0.25, 0.3) is 0 Å². The van der Waals surface area contributed by atoms with Gasteiger partial charge >= 0.3 is 11.9 Å². The number of carboxylic acids is 2. The number of hydrogen-bond acceptors (Lipinski definition) is 5. The molecule has 0 atom stereocenters. The zero-order chi connectivity index (χ0) is 13.1. The third kappa shape index (κ3) is 3.51. The van der Waals surface area contributed by atoms with Gasteiger partial charge in [-0.15, -0.1) is 11.3 Å². The Balaban J connectivity index is 3.04. The van der Waals surface area contributed by atoms with E-state index in [2.05, 4.69) is 0 Å². The molecule has 1 aromatic heterocycles. The number of hydrogen-bond donors (Lipinski definition) is 2. The first-order valence-corrected chi connectivity index (χ1v) is 6.63. The Labute approximate surface area is 101 Å². The van der Waals surface area contributed by atoms with Crippen LogP contribution in [0.3, 0.4) is 0 Å². The molecule has 0 radical (unpaired) electrons. The van der Waals surface area contributed by atoms with Crippen molar-refractivity contribution in [2.75, 3.05) is 13.1 Å². The molecule has 0 unspecified atom stereocenters. The van der Waals surface area contributed by atoms with Crippen LogP contribution in [0.15, 0.2) is 21.7 Å². The zero-order valence-corrected chi connectivity index (χ0v) is 10.1. The molecule has 0 bridgehead atoms. The summed E-state index contributed by atoms with van der Waals surface area (Å²) in [5, 5.41) is 18.6. The van der Waals surface area contributed by atoms with E-state index in [1.165, 1.54) is 17.5 Å². The second-order valence-electron chi connectivity index (χ2n) is 2.99. The Hall–Kier alpha value is -1.45. The van der Waals surface area contributed by atoms with Crippen molar-refractivity contribution in [2.24, 2.45) is 0 Å². The number of carboxylic acid groups (broad SMARTS) is 2. The molecule has 7 nitrogen and oxygen atoms in total. The molecule has 0 amide bonds. The third-order valence-corrected chi connectivity index (χ3v) is 4.88. The van der Waals surface area contributed by atoms with Gasteiger partial charge < -0.3 is 10.2 Å². The van der Waals surface area contributed by atoms with Crippen LogP contribution in [0.1, 0.15) is 0 Å². The third-order valence-electron chi connectivity index (χ3n) is 1.71. The van der Waals surface area contributed by atoms with Gasteiger partial charge in [0.25, 0.3) is 10.0 Å². The number of rotatable bonds is 6. The second-order valence-corrected chi connectivity index (χ2v) is 6.11. The number of carbonyl (C=O) groups is 2. The minimum absolute atomic E-state index is 0.0833. The van der Waals surface area contributed by atoms with Crippen LogP contribution in [0.5, 0.6) is 0 Å². The van der Waals surface area contributed by atoms with Crippen LogP contribution in [-0.4, -0.2) is 48.0 Å². The number of nitrogens with zero attached hydrogens (tertiary/aromatic N) is 1. The average molecular weight is 279 g/mol. The maximum Gasteiger partial charge on any atom is 0.318 e. The lowest BCUT2D eigenvalue weighted by Crippen LogP contribution is -2.39. The summed E-state index contributed by atoms with van der Waals surface area (Å²) < 4.78 is 24.1. The molecule has 0 saturated carbocycles. The van der Waals surface area contributed by atoms with Gasteiger partial charge in [0.1, 0.15) is 17.3 Å². The first-order chi connectivity index (χ1) is 7.84. The van der Waals surface area contributed by atoms with Crippen LogP contribution >= 0.6 is 11.3 Å². The van der Waals surface area contributed by atoms with Crippen molar-refractivity contribution in [3.63, 3.8) is 0 Å². The van der Waals surface area contributed by atoms with Gasteiger partial charge in [0.05, 0.1) is 0 Å². The maximum absolute atomic E-state index is 11.9. The van der Waals surface area contributed by atoms with Gasteiger partial charge in [-0.2, -0.15) is 4.31 Å². The van der Waals surface area contributed by atoms with Crippen molar-refractivity contribution in [2.45, 2.75) is 4.21 Å². The van der Waals surface area contributed by atoms with Crippen LogP contribution in [0.2, 0.25) is 0 Å². The molecule has 0 saturated heterocycles. The van der Waals surface area contributed by atoms with Gasteiger partial charge in [-0.3, -0.25) is 9.59 Å². The molecule has 1 rings (SSSR count). The van der Waals surface area contributed by atoms with Crippen molar-refractivity contribution in [3.05, 3.63) is 17.5 Å². The van der Waals surface area contributed by atoms with Crippen LogP contribution in [-0.2, 0) is 19.6 Å². The van der Waals surface area contributed by atoms with Crippen molar-refractivity contribution in [3.8, 4) is 0 Å². The fourth-order valence-corrected chi connectivity index (χ4v) is 3.55. The predicted octanol–water partition coefficient (Wildman–Crippen LogP) is -0.0920. The molecule has 1 heterocycles. The molecule has 17 heavy (non-hydrogen) atoms. The summed E-state index contributed by atoms with van der Waals surface area (Å²) in [5.41, 5.74) is 0. The Kier molecular flexibility index (Phi) is 4.21. The Morgan fingerprint density at radius 3 is 2.12 bits per heavy atom. The smallest absolute Gasteiger partial charge is 0.318 e. The second kappa shape index (κ2) is 5.25. The van der Waals surface area contributed by atoms with Gasteiger partial charge in [0.15, 0.2) is 0 Å². The summed E-state index contributed by atoms with van der Waals surface area (Å²) in [4.78, 5) is 21.0. The molecule has 2 N–H and O–H groups in total. The van der Waals surface area contributed by atoms with E-state index in [0.29, 0.717) is 4.31 Å². The van der Waals surface area contributed by atoms with Gasteiger partial charge in [0.2, 0.25) is 0 Å². The standard InChI is InChI=1S/C8H9NO6S2/c10-6(11)4-9(5-7(12)13)17(14,15)8-2-1-3-16-8/h1-3H,4-5H2,(H,10,11)(H,12,13). The molecule has 94 valence electrons. The van der Waals surface area contributed by atoms with E-state index in [9.17, 15) is 18.0 Å². The molecule has 0 aliphatic rings. The summed E-state index contributed by atoms with van der Waals surface area (Å²) >= 11 is 0.897. The van der Waals surface area contributed by atoms with Crippen LogP contribution in [0, 0.1) is 0 Å². The van der Waals surface area contributed by atoms with Crippen molar-refractivity contribution < 1.29 is 28.2 Å². The summed E-state index contributed by atoms with van der Waals surface area (Å²) in [6.07, 6.45) is 0. The molecular weight excluding hydrogens is 270 g/mol. The normalized spacial score (nSPS) is 11.6. The monoisotopic (exact) mass is 279 g/mol. The molecule has 9 heteroatoms. The van der Waals surface area contributed by atoms with Crippen molar-refractivity contribution in [1.29, 1.82) is 0 Å². The highest BCUT2D eigenvalue weighted by molar-refractivity contribution is 7.91. The number of aliphatic carboxylic acids is 2. The quantitative estimate of drug-likeness (QED) is 0.752.